The number of aliphatic hydroxyl groups is 1. The van der Waals surface area contributed by atoms with E-state index < -0.39 is 0 Å². The summed E-state index contributed by atoms with van der Waals surface area (Å²) in [4.78, 5) is 1.51. The van der Waals surface area contributed by atoms with Crippen LogP contribution in [0, 0.1) is 11.3 Å². The summed E-state index contributed by atoms with van der Waals surface area (Å²) in [7, 11) is 1.72. The summed E-state index contributed by atoms with van der Waals surface area (Å²) in [5, 5.41) is 21.9. The molecule has 1 atom stereocenters. The normalized spacial score (nSPS) is 16.7. The third-order valence-corrected chi connectivity index (χ3v) is 6.00. The van der Waals surface area contributed by atoms with E-state index in [4.69, 9.17) is 17.0 Å². The second-order valence-corrected chi connectivity index (χ2v) is 8.02. The maximum atomic E-state index is 9.39. The Morgan fingerprint density at radius 3 is 2.44 bits per heavy atom. The van der Waals surface area contributed by atoms with Crippen LogP contribution in [0.2, 0.25) is 5.02 Å². The van der Waals surface area contributed by atoms with Gasteiger partial charge in [-0.3, -0.25) is 5.41 Å². The molecule has 4 nitrogen and oxygen atoms in total. The van der Waals surface area contributed by atoms with Crippen molar-refractivity contribution in [2.24, 2.45) is 5.92 Å². The highest BCUT2D eigenvalue weighted by Crippen LogP contribution is 2.41. The van der Waals surface area contributed by atoms with Crippen LogP contribution in [0.3, 0.4) is 0 Å². The van der Waals surface area contributed by atoms with Gasteiger partial charge in [0.25, 0.3) is 0 Å². The topological polar surface area (TPSA) is 59.4 Å². The summed E-state index contributed by atoms with van der Waals surface area (Å²) < 4.78 is 0. The number of hydrogen-bond donors (Lipinski definition) is 3. The van der Waals surface area contributed by atoms with Gasteiger partial charge in [-0.25, -0.2) is 0 Å². The Labute approximate surface area is 166 Å². The molecule has 0 aliphatic heterocycles. The van der Waals surface area contributed by atoms with Crippen molar-refractivity contribution < 1.29 is 5.11 Å². The first-order valence-corrected chi connectivity index (χ1v) is 9.87. The third-order valence-electron chi connectivity index (χ3n) is 5.76. The highest BCUT2D eigenvalue weighted by atomic mass is 35.5. The second kappa shape index (κ2) is 8.32. The van der Waals surface area contributed by atoms with Crippen molar-refractivity contribution in [3.05, 3.63) is 59.1 Å². The van der Waals surface area contributed by atoms with Crippen molar-refractivity contribution in [2.75, 3.05) is 13.8 Å². The Bertz CT molecular complexity index is 804. The molecule has 3 N–H and O–H groups in total. The number of nitrogens with one attached hydrogen (secondary N) is 2. The molecule has 1 aliphatic rings. The predicted molar refractivity (Wildman–Crippen MR) is 112 cm³/mol. The summed E-state index contributed by atoms with van der Waals surface area (Å²) in [6, 6.07) is 16.4. The summed E-state index contributed by atoms with van der Waals surface area (Å²) in [6.07, 6.45) is 4.72. The average molecular weight is 386 g/mol. The van der Waals surface area contributed by atoms with Gasteiger partial charge >= 0.3 is 0 Å². The molecule has 0 bridgehead atoms. The van der Waals surface area contributed by atoms with E-state index in [2.05, 4.69) is 42.6 Å². The molecule has 0 radical (unpaired) electrons. The van der Waals surface area contributed by atoms with Crippen molar-refractivity contribution in [1.29, 1.82) is 5.41 Å². The number of hydrogen-bond acceptors (Lipinski definition) is 2. The van der Waals surface area contributed by atoms with Crippen molar-refractivity contribution in [1.82, 2.24) is 10.2 Å². The smallest absolute Gasteiger partial charge is 0.193 e. The standard InChI is InChI=1S/C22H28ClN3O/c1-22(18-9-3-4-10-18,25-21(24)26(2)15-27)19-11-5-7-16(13-19)17-8-6-12-20(23)14-17/h5-8,11-14,18,27H,3-4,9-10,15H2,1-2H3,(H2,24,25). The predicted octanol–water partition coefficient (Wildman–Crippen LogP) is 4.82. The lowest BCUT2D eigenvalue weighted by atomic mass is 9.77. The number of aliphatic hydroxyl groups excluding tert-OH is 1. The molecule has 1 unspecified atom stereocenters. The molecule has 1 fully saturated rings. The van der Waals surface area contributed by atoms with Crippen LogP contribution in [0.15, 0.2) is 48.5 Å². The SMILES string of the molecule is CN(CO)C(=N)NC(C)(c1cccc(-c2cccc(Cl)c2)c1)C1CCCC1. The minimum absolute atomic E-state index is 0.185. The first kappa shape index (κ1) is 19.7. The molecule has 0 heterocycles. The van der Waals surface area contributed by atoms with E-state index in [9.17, 15) is 5.11 Å². The summed E-state index contributed by atoms with van der Waals surface area (Å²) in [5.74, 6) is 0.680. The van der Waals surface area contributed by atoms with E-state index in [0.29, 0.717) is 5.92 Å². The molecule has 2 aromatic rings. The molecule has 3 rings (SSSR count). The molecule has 0 saturated heterocycles. The lowest BCUT2D eigenvalue weighted by Crippen LogP contribution is -2.52. The van der Waals surface area contributed by atoms with Crippen molar-refractivity contribution in [2.45, 2.75) is 38.1 Å². The highest BCUT2D eigenvalue weighted by molar-refractivity contribution is 6.30. The van der Waals surface area contributed by atoms with Gasteiger partial charge in [0.1, 0.15) is 6.73 Å². The van der Waals surface area contributed by atoms with Crippen LogP contribution in [0.25, 0.3) is 11.1 Å². The van der Waals surface area contributed by atoms with Crippen LogP contribution < -0.4 is 5.32 Å². The zero-order valence-corrected chi connectivity index (χ0v) is 16.8. The Morgan fingerprint density at radius 2 is 1.81 bits per heavy atom. The lowest BCUT2D eigenvalue weighted by Gasteiger charge is -2.39. The monoisotopic (exact) mass is 385 g/mol. The van der Waals surface area contributed by atoms with Crippen molar-refractivity contribution in [3.8, 4) is 11.1 Å². The fraction of sp³-hybridized carbons (Fsp3) is 0.409. The van der Waals surface area contributed by atoms with Gasteiger partial charge in [-0.1, -0.05) is 54.8 Å². The molecule has 0 spiro atoms. The third kappa shape index (κ3) is 4.28. The van der Waals surface area contributed by atoms with E-state index >= 15 is 0 Å². The molecule has 1 aliphatic carbocycles. The Balaban J connectivity index is 1.99. The minimum Gasteiger partial charge on any atom is -0.376 e. The molecule has 1 saturated carbocycles. The zero-order chi connectivity index (χ0) is 19.4. The molecular formula is C22H28ClN3O. The fourth-order valence-electron chi connectivity index (χ4n) is 4.02. The summed E-state index contributed by atoms with van der Waals surface area (Å²) in [5.41, 5.74) is 2.98. The number of halogens is 1. The molecule has 144 valence electrons. The first-order chi connectivity index (χ1) is 12.9. The fourth-order valence-corrected chi connectivity index (χ4v) is 4.21. The Kier molecular flexibility index (Phi) is 6.08. The maximum Gasteiger partial charge on any atom is 0.193 e. The van der Waals surface area contributed by atoms with Gasteiger partial charge in [0.05, 0.1) is 5.54 Å². The number of rotatable bonds is 5. The molecule has 5 heteroatoms. The molecule has 0 aromatic heterocycles. The van der Waals surface area contributed by atoms with E-state index in [1.807, 2.05) is 18.2 Å². The average Bonchev–Trinajstić information content (AvgIpc) is 3.23. The van der Waals surface area contributed by atoms with Crippen LogP contribution in [-0.4, -0.2) is 29.7 Å². The molecule has 2 aromatic carbocycles. The van der Waals surface area contributed by atoms with Gasteiger partial charge in [-0.15, -0.1) is 0 Å². The van der Waals surface area contributed by atoms with Crippen LogP contribution in [-0.2, 0) is 5.54 Å². The second-order valence-electron chi connectivity index (χ2n) is 7.59. The van der Waals surface area contributed by atoms with E-state index in [1.165, 1.54) is 17.7 Å². The highest BCUT2D eigenvalue weighted by Gasteiger charge is 2.38. The minimum atomic E-state index is -0.369. The largest absolute Gasteiger partial charge is 0.376 e. The van der Waals surface area contributed by atoms with Gasteiger partial charge in [0, 0.05) is 12.1 Å². The van der Waals surface area contributed by atoms with E-state index in [0.717, 1.165) is 34.6 Å². The van der Waals surface area contributed by atoms with Gasteiger partial charge in [-0.2, -0.15) is 0 Å². The van der Waals surface area contributed by atoms with Crippen LogP contribution in [0.5, 0.6) is 0 Å². The van der Waals surface area contributed by atoms with Gasteiger partial charge in [0.2, 0.25) is 0 Å². The van der Waals surface area contributed by atoms with Crippen LogP contribution in [0.4, 0.5) is 0 Å². The molecule has 27 heavy (non-hydrogen) atoms. The Morgan fingerprint density at radius 1 is 1.19 bits per heavy atom. The molecule has 0 amide bonds. The van der Waals surface area contributed by atoms with Gasteiger partial charge in [0.15, 0.2) is 5.96 Å². The lowest BCUT2D eigenvalue weighted by molar-refractivity contribution is 0.177. The van der Waals surface area contributed by atoms with Crippen molar-refractivity contribution >= 4 is 17.6 Å². The maximum absolute atomic E-state index is 9.39. The van der Waals surface area contributed by atoms with Crippen LogP contribution in [0.1, 0.15) is 38.2 Å². The summed E-state index contributed by atoms with van der Waals surface area (Å²) in [6.45, 7) is 2.00. The number of benzene rings is 2. The van der Waals surface area contributed by atoms with Gasteiger partial charge in [-0.05, 0) is 60.6 Å². The van der Waals surface area contributed by atoms with E-state index in [1.54, 1.807) is 7.05 Å². The van der Waals surface area contributed by atoms with E-state index in [-0.39, 0.29) is 18.2 Å². The summed E-state index contributed by atoms with van der Waals surface area (Å²) >= 11 is 6.18. The number of nitrogens with zero attached hydrogens (tertiary/aromatic N) is 1. The van der Waals surface area contributed by atoms with Crippen LogP contribution >= 0.6 is 11.6 Å². The van der Waals surface area contributed by atoms with Gasteiger partial charge < -0.3 is 15.3 Å². The van der Waals surface area contributed by atoms with Crippen molar-refractivity contribution in [3.63, 3.8) is 0 Å². The zero-order valence-electron chi connectivity index (χ0n) is 16.0. The molecular weight excluding hydrogens is 358 g/mol. The Hall–Kier alpha value is -2.04. The quantitative estimate of drug-likeness (QED) is 0.393. The number of guanidine groups is 1. The first-order valence-electron chi connectivity index (χ1n) is 9.49.